The largest absolute Gasteiger partial charge is 0.390 e. The summed E-state index contributed by atoms with van der Waals surface area (Å²) in [6.45, 7) is 1.31. The molecule has 20 heavy (non-hydrogen) atoms. The molecule has 0 aliphatic carbocycles. The standard InChI is InChI=1S/C12H22N2O4S2/c1-8(15)14-10(5-7-20-3)12(17)18-11(16)9(13)4-6-19-2/h9-10H,4-7,13H2,1-3H3,(H,14,15)/t9-,10-/m0/s1. The van der Waals surface area contributed by atoms with Crippen LogP contribution in [0.15, 0.2) is 0 Å². The molecule has 0 saturated heterocycles. The number of ether oxygens (including phenoxy) is 1. The maximum Gasteiger partial charge on any atom is 0.336 e. The molecule has 1 amide bonds. The highest BCUT2D eigenvalue weighted by molar-refractivity contribution is 7.98. The Bertz CT molecular complexity index is 339. The minimum atomic E-state index is -0.815. The number of carbonyl (C=O) groups excluding carboxylic acids is 3. The van der Waals surface area contributed by atoms with Crippen LogP contribution in [-0.4, -0.2) is 53.9 Å². The molecule has 0 aromatic heterocycles. The summed E-state index contributed by atoms with van der Waals surface area (Å²) >= 11 is 3.10. The van der Waals surface area contributed by atoms with Crippen molar-refractivity contribution in [3.05, 3.63) is 0 Å². The van der Waals surface area contributed by atoms with Crippen molar-refractivity contribution in [3.8, 4) is 0 Å². The van der Waals surface area contributed by atoms with Gasteiger partial charge in [0.25, 0.3) is 0 Å². The molecule has 0 aromatic rings. The average molecular weight is 322 g/mol. The fourth-order valence-corrected chi connectivity index (χ4v) is 2.30. The topological polar surface area (TPSA) is 98.5 Å². The van der Waals surface area contributed by atoms with Crippen LogP contribution in [0.1, 0.15) is 19.8 Å². The molecule has 0 heterocycles. The minimum Gasteiger partial charge on any atom is -0.390 e. The predicted octanol–water partition coefficient (Wildman–Crippen LogP) is 0.394. The summed E-state index contributed by atoms with van der Waals surface area (Å²) in [7, 11) is 0. The van der Waals surface area contributed by atoms with Gasteiger partial charge in [0.1, 0.15) is 12.1 Å². The highest BCUT2D eigenvalue weighted by atomic mass is 32.2. The van der Waals surface area contributed by atoms with Crippen molar-refractivity contribution in [2.75, 3.05) is 24.0 Å². The number of hydrogen-bond acceptors (Lipinski definition) is 7. The highest BCUT2D eigenvalue weighted by Crippen LogP contribution is 2.05. The van der Waals surface area contributed by atoms with E-state index < -0.39 is 24.0 Å². The molecule has 0 aromatic carbocycles. The van der Waals surface area contributed by atoms with Crippen molar-refractivity contribution in [2.45, 2.75) is 31.8 Å². The molecular formula is C12H22N2O4S2. The number of rotatable bonds is 9. The van der Waals surface area contributed by atoms with Crippen LogP contribution >= 0.6 is 23.5 Å². The second kappa shape index (κ2) is 11.0. The zero-order valence-corrected chi connectivity index (χ0v) is 13.6. The third kappa shape index (κ3) is 8.44. The van der Waals surface area contributed by atoms with E-state index in [4.69, 9.17) is 10.5 Å². The van der Waals surface area contributed by atoms with Gasteiger partial charge in [-0.05, 0) is 36.9 Å². The molecule has 0 unspecified atom stereocenters. The summed E-state index contributed by atoms with van der Waals surface area (Å²) in [5, 5.41) is 2.48. The third-order valence-corrected chi connectivity index (χ3v) is 3.70. The number of carbonyl (C=O) groups is 3. The number of esters is 2. The lowest BCUT2D eigenvalue weighted by Gasteiger charge is -2.17. The van der Waals surface area contributed by atoms with Gasteiger partial charge in [-0.25, -0.2) is 9.59 Å². The Morgan fingerprint density at radius 1 is 1.10 bits per heavy atom. The van der Waals surface area contributed by atoms with Crippen molar-refractivity contribution >= 4 is 41.4 Å². The van der Waals surface area contributed by atoms with Gasteiger partial charge < -0.3 is 15.8 Å². The smallest absolute Gasteiger partial charge is 0.336 e. The summed E-state index contributed by atoms with van der Waals surface area (Å²) < 4.78 is 4.73. The minimum absolute atomic E-state index is 0.341. The Kier molecular flexibility index (Phi) is 10.6. The SMILES string of the molecule is CSCC[C@H](NC(C)=O)C(=O)OC(=O)[C@@H](N)CCSC. The van der Waals surface area contributed by atoms with Crippen LogP contribution in [0, 0.1) is 0 Å². The van der Waals surface area contributed by atoms with E-state index in [1.807, 2.05) is 12.5 Å². The van der Waals surface area contributed by atoms with Gasteiger partial charge in [-0.1, -0.05) is 0 Å². The van der Waals surface area contributed by atoms with Gasteiger partial charge in [0.05, 0.1) is 0 Å². The van der Waals surface area contributed by atoms with Crippen molar-refractivity contribution in [1.29, 1.82) is 0 Å². The van der Waals surface area contributed by atoms with Crippen LogP contribution in [0.25, 0.3) is 0 Å². The maximum absolute atomic E-state index is 11.8. The van der Waals surface area contributed by atoms with Crippen molar-refractivity contribution in [3.63, 3.8) is 0 Å². The molecule has 0 saturated carbocycles. The molecule has 0 radical (unpaired) electrons. The van der Waals surface area contributed by atoms with Crippen molar-refractivity contribution < 1.29 is 19.1 Å². The average Bonchev–Trinajstić information content (AvgIpc) is 2.39. The van der Waals surface area contributed by atoms with Gasteiger partial charge in [0.15, 0.2) is 0 Å². The summed E-state index contributed by atoms with van der Waals surface area (Å²) in [5.41, 5.74) is 5.62. The molecular weight excluding hydrogens is 300 g/mol. The lowest BCUT2D eigenvalue weighted by atomic mass is 10.2. The summed E-state index contributed by atoms with van der Waals surface area (Å²) in [5.74, 6) is -0.451. The zero-order valence-electron chi connectivity index (χ0n) is 12.0. The molecule has 2 atom stereocenters. The first-order valence-corrected chi connectivity index (χ1v) is 8.97. The van der Waals surface area contributed by atoms with Gasteiger partial charge in [-0.3, -0.25) is 4.79 Å². The van der Waals surface area contributed by atoms with E-state index in [1.165, 1.54) is 18.7 Å². The van der Waals surface area contributed by atoms with E-state index in [0.717, 1.165) is 0 Å². The van der Waals surface area contributed by atoms with Gasteiger partial charge in [-0.15, -0.1) is 0 Å². The van der Waals surface area contributed by atoms with Crippen LogP contribution in [-0.2, 0) is 19.1 Å². The first-order chi connectivity index (χ1) is 9.42. The second-order valence-electron chi connectivity index (χ2n) is 4.16. The van der Waals surface area contributed by atoms with Crippen LogP contribution in [0.5, 0.6) is 0 Å². The molecule has 0 bridgehead atoms. The van der Waals surface area contributed by atoms with Gasteiger partial charge >= 0.3 is 11.9 Å². The van der Waals surface area contributed by atoms with E-state index in [0.29, 0.717) is 24.3 Å². The Hall–Kier alpha value is -0.730. The molecule has 6 nitrogen and oxygen atoms in total. The Labute approximate surface area is 127 Å². The van der Waals surface area contributed by atoms with Crippen LogP contribution in [0.4, 0.5) is 0 Å². The Morgan fingerprint density at radius 2 is 1.65 bits per heavy atom. The molecule has 3 N–H and O–H groups in total. The molecule has 0 aliphatic rings. The summed E-state index contributed by atoms with van der Waals surface area (Å²) in [6.07, 6.45) is 4.65. The highest BCUT2D eigenvalue weighted by Gasteiger charge is 2.25. The fourth-order valence-electron chi connectivity index (χ4n) is 1.34. The number of thioether (sulfide) groups is 2. The fraction of sp³-hybridized carbons (Fsp3) is 0.750. The van der Waals surface area contributed by atoms with Crippen LogP contribution in [0.2, 0.25) is 0 Å². The molecule has 0 aliphatic heterocycles. The van der Waals surface area contributed by atoms with E-state index in [2.05, 4.69) is 5.32 Å². The Morgan fingerprint density at radius 3 is 2.15 bits per heavy atom. The van der Waals surface area contributed by atoms with E-state index >= 15 is 0 Å². The monoisotopic (exact) mass is 322 g/mol. The molecule has 0 fully saturated rings. The lowest BCUT2D eigenvalue weighted by molar-refractivity contribution is -0.162. The number of nitrogens with two attached hydrogens (primary N) is 1. The zero-order chi connectivity index (χ0) is 15.5. The van der Waals surface area contributed by atoms with Crippen LogP contribution < -0.4 is 11.1 Å². The summed E-state index contributed by atoms with van der Waals surface area (Å²) in [4.78, 5) is 34.5. The van der Waals surface area contributed by atoms with E-state index in [-0.39, 0.29) is 5.91 Å². The van der Waals surface area contributed by atoms with Crippen molar-refractivity contribution in [1.82, 2.24) is 5.32 Å². The Balaban J connectivity index is 4.42. The molecule has 0 rings (SSSR count). The van der Waals surface area contributed by atoms with Gasteiger partial charge in [0.2, 0.25) is 5.91 Å². The first kappa shape index (κ1) is 19.3. The normalized spacial score (nSPS) is 13.4. The molecule has 8 heteroatoms. The van der Waals surface area contributed by atoms with Crippen LogP contribution in [0.3, 0.4) is 0 Å². The van der Waals surface area contributed by atoms with E-state index in [1.54, 1.807) is 11.8 Å². The quantitative estimate of drug-likeness (QED) is 0.468. The summed E-state index contributed by atoms with van der Waals surface area (Å²) in [6, 6.07) is -1.62. The molecule has 0 spiro atoms. The third-order valence-electron chi connectivity index (χ3n) is 2.41. The van der Waals surface area contributed by atoms with Crippen molar-refractivity contribution in [2.24, 2.45) is 5.73 Å². The number of hydrogen-bond donors (Lipinski definition) is 2. The number of nitrogens with one attached hydrogen (secondary N) is 1. The van der Waals surface area contributed by atoms with Gasteiger partial charge in [-0.2, -0.15) is 23.5 Å². The molecule has 116 valence electrons. The number of amides is 1. The predicted molar refractivity (Wildman–Crippen MR) is 82.7 cm³/mol. The van der Waals surface area contributed by atoms with Gasteiger partial charge in [0, 0.05) is 6.92 Å². The first-order valence-electron chi connectivity index (χ1n) is 6.18. The lowest BCUT2D eigenvalue weighted by Crippen LogP contribution is -2.44. The maximum atomic E-state index is 11.8. The second-order valence-corrected chi connectivity index (χ2v) is 6.13. The van der Waals surface area contributed by atoms with E-state index in [9.17, 15) is 14.4 Å².